The van der Waals surface area contributed by atoms with Crippen molar-refractivity contribution in [3.05, 3.63) is 89.5 Å². The van der Waals surface area contributed by atoms with Crippen molar-refractivity contribution < 1.29 is 32.5 Å². The van der Waals surface area contributed by atoms with E-state index in [4.69, 9.17) is 9.47 Å². The molecule has 2 heterocycles. The van der Waals surface area contributed by atoms with Crippen molar-refractivity contribution in [2.75, 3.05) is 31.6 Å². The molecule has 0 spiro atoms. The van der Waals surface area contributed by atoms with Gasteiger partial charge in [0.05, 0.1) is 18.8 Å². The largest absolute Gasteiger partial charge is 0.457 e. The van der Waals surface area contributed by atoms with E-state index < -0.39 is 17.3 Å². The van der Waals surface area contributed by atoms with Gasteiger partial charge in [0, 0.05) is 30.4 Å². The molecule has 3 aromatic carbocycles. The van der Waals surface area contributed by atoms with Crippen LogP contribution in [0, 0.1) is 0 Å². The molecule has 0 unspecified atom stereocenters. The third-order valence-electron chi connectivity index (χ3n) is 6.78. The zero-order valence-electron chi connectivity index (χ0n) is 20.0. The Labute approximate surface area is 212 Å². The van der Waals surface area contributed by atoms with Gasteiger partial charge in [-0.15, -0.1) is 0 Å². The lowest BCUT2D eigenvalue weighted by atomic mass is 9.91. The third-order valence-corrected chi connectivity index (χ3v) is 6.78. The fraction of sp³-hybridized carbons (Fsp3) is 0.321. The summed E-state index contributed by atoms with van der Waals surface area (Å²) in [7, 11) is 0. The van der Waals surface area contributed by atoms with E-state index in [0.717, 1.165) is 36.2 Å². The van der Waals surface area contributed by atoms with Gasteiger partial charge in [-0.25, -0.2) is 0 Å². The lowest BCUT2D eigenvalue weighted by Crippen LogP contribution is -2.46. The first-order valence-electron chi connectivity index (χ1n) is 12.1. The van der Waals surface area contributed by atoms with Crippen LogP contribution in [0.4, 0.5) is 18.9 Å². The SMILES string of the molecule is O=C(c1ccc(C2(O)COC2)cc1)N1CCC(Nc2ccc(Oc3ccc(C(F)(F)F)cc3)cc2)CC1. The van der Waals surface area contributed by atoms with Crippen molar-refractivity contribution in [3.8, 4) is 11.5 Å². The second kappa shape index (κ2) is 10.1. The van der Waals surface area contributed by atoms with E-state index in [2.05, 4.69) is 5.32 Å². The highest BCUT2D eigenvalue weighted by atomic mass is 19.4. The molecule has 2 saturated heterocycles. The smallest absolute Gasteiger partial charge is 0.416 e. The second-order valence-electron chi connectivity index (χ2n) is 9.46. The topological polar surface area (TPSA) is 71.0 Å². The molecule has 2 aliphatic heterocycles. The van der Waals surface area contributed by atoms with Crippen molar-refractivity contribution in [1.29, 1.82) is 0 Å². The fourth-order valence-electron chi connectivity index (χ4n) is 4.50. The second-order valence-corrected chi connectivity index (χ2v) is 9.46. The molecule has 0 atom stereocenters. The van der Waals surface area contributed by atoms with Crippen LogP contribution in [0.3, 0.4) is 0 Å². The molecule has 0 radical (unpaired) electrons. The number of likely N-dealkylation sites (tertiary alicyclic amines) is 1. The van der Waals surface area contributed by atoms with E-state index >= 15 is 0 Å². The number of nitrogens with one attached hydrogen (secondary N) is 1. The van der Waals surface area contributed by atoms with Crippen molar-refractivity contribution in [1.82, 2.24) is 4.90 Å². The van der Waals surface area contributed by atoms with Crippen LogP contribution in [0.25, 0.3) is 0 Å². The average molecular weight is 513 g/mol. The molecule has 0 bridgehead atoms. The van der Waals surface area contributed by atoms with Gasteiger partial charge in [-0.2, -0.15) is 13.2 Å². The number of halogens is 3. The zero-order valence-corrected chi connectivity index (χ0v) is 20.0. The first-order chi connectivity index (χ1) is 17.7. The molecule has 3 aromatic rings. The molecule has 9 heteroatoms. The first-order valence-corrected chi connectivity index (χ1v) is 12.1. The van der Waals surface area contributed by atoms with Crippen LogP contribution >= 0.6 is 0 Å². The van der Waals surface area contributed by atoms with E-state index in [1.54, 1.807) is 36.4 Å². The number of aliphatic hydroxyl groups is 1. The van der Waals surface area contributed by atoms with Crippen LogP contribution in [0.1, 0.15) is 34.3 Å². The van der Waals surface area contributed by atoms with Gasteiger partial charge in [-0.05, 0) is 79.1 Å². The third kappa shape index (κ3) is 5.73. The Balaban J connectivity index is 1.10. The summed E-state index contributed by atoms with van der Waals surface area (Å²) in [6.07, 6.45) is -2.79. The molecule has 194 valence electrons. The van der Waals surface area contributed by atoms with Crippen molar-refractivity contribution in [2.45, 2.75) is 30.7 Å². The molecular weight excluding hydrogens is 485 g/mol. The summed E-state index contributed by atoms with van der Waals surface area (Å²) >= 11 is 0. The van der Waals surface area contributed by atoms with E-state index in [9.17, 15) is 23.1 Å². The maximum atomic E-state index is 12.9. The van der Waals surface area contributed by atoms with Crippen LogP contribution in [0.2, 0.25) is 0 Å². The number of benzene rings is 3. The summed E-state index contributed by atoms with van der Waals surface area (Å²) in [4.78, 5) is 14.8. The quantitative estimate of drug-likeness (QED) is 0.461. The highest BCUT2D eigenvalue weighted by molar-refractivity contribution is 5.94. The van der Waals surface area contributed by atoms with Crippen molar-refractivity contribution >= 4 is 11.6 Å². The Morgan fingerprint density at radius 1 is 0.919 bits per heavy atom. The molecule has 0 aliphatic carbocycles. The van der Waals surface area contributed by atoms with Crippen LogP contribution in [0.5, 0.6) is 11.5 Å². The molecule has 2 fully saturated rings. The number of anilines is 1. The Morgan fingerprint density at radius 2 is 1.49 bits per heavy atom. The van der Waals surface area contributed by atoms with E-state index in [0.29, 0.717) is 30.2 Å². The summed E-state index contributed by atoms with van der Waals surface area (Å²) in [5, 5.41) is 13.8. The van der Waals surface area contributed by atoms with Crippen LogP contribution < -0.4 is 10.1 Å². The van der Waals surface area contributed by atoms with Crippen LogP contribution in [0.15, 0.2) is 72.8 Å². The molecule has 0 saturated carbocycles. The van der Waals surface area contributed by atoms with E-state index in [1.807, 2.05) is 17.0 Å². The number of carbonyl (C=O) groups is 1. The van der Waals surface area contributed by atoms with Gasteiger partial charge in [0.2, 0.25) is 0 Å². The lowest BCUT2D eigenvalue weighted by Gasteiger charge is -2.37. The average Bonchev–Trinajstić information content (AvgIpc) is 2.88. The number of alkyl halides is 3. The molecule has 2 N–H and O–H groups in total. The molecule has 6 nitrogen and oxygen atoms in total. The van der Waals surface area contributed by atoms with Gasteiger partial charge in [0.1, 0.15) is 17.1 Å². The Morgan fingerprint density at radius 3 is 2.00 bits per heavy atom. The normalized spacial score (nSPS) is 17.7. The van der Waals surface area contributed by atoms with Gasteiger partial charge in [0.25, 0.3) is 5.91 Å². The number of hydrogen-bond acceptors (Lipinski definition) is 5. The number of nitrogens with zero attached hydrogens (tertiary/aromatic N) is 1. The fourth-order valence-corrected chi connectivity index (χ4v) is 4.50. The molecule has 5 rings (SSSR count). The minimum atomic E-state index is -4.38. The maximum absolute atomic E-state index is 12.9. The van der Waals surface area contributed by atoms with Gasteiger partial charge >= 0.3 is 6.18 Å². The van der Waals surface area contributed by atoms with Crippen molar-refractivity contribution in [3.63, 3.8) is 0 Å². The number of ether oxygens (including phenoxy) is 2. The standard InChI is InChI=1S/C28H27F3N2O4/c29-28(30,31)21-5-9-24(10-6-21)37-25-11-7-22(8-12-25)32-23-13-15-33(16-14-23)26(34)19-1-3-20(4-2-19)27(35)17-36-18-27/h1-12,23,32,35H,13-18H2. The van der Waals surface area contributed by atoms with E-state index in [1.165, 1.54) is 12.1 Å². The Hall–Kier alpha value is -3.56. The van der Waals surface area contributed by atoms with Gasteiger partial charge in [0.15, 0.2) is 0 Å². The number of piperidine rings is 1. The summed E-state index contributed by atoms with van der Waals surface area (Å²) < 4.78 is 48.9. The lowest BCUT2D eigenvalue weighted by molar-refractivity contribution is -0.184. The summed E-state index contributed by atoms with van der Waals surface area (Å²) in [5.41, 5.74) is 0.594. The number of amides is 1. The summed E-state index contributed by atoms with van der Waals surface area (Å²) in [6.45, 7) is 1.81. The molecular formula is C28H27F3N2O4. The van der Waals surface area contributed by atoms with Gasteiger partial charge < -0.3 is 24.8 Å². The molecule has 2 aliphatic rings. The molecule has 0 aromatic heterocycles. The zero-order chi connectivity index (χ0) is 26.0. The summed E-state index contributed by atoms with van der Waals surface area (Å²) in [6, 6.07) is 19.1. The van der Waals surface area contributed by atoms with Gasteiger partial charge in [-0.1, -0.05) is 12.1 Å². The predicted molar refractivity (Wildman–Crippen MR) is 132 cm³/mol. The maximum Gasteiger partial charge on any atom is 0.416 e. The minimum Gasteiger partial charge on any atom is -0.457 e. The van der Waals surface area contributed by atoms with Crippen LogP contribution in [-0.2, 0) is 16.5 Å². The predicted octanol–water partition coefficient (Wildman–Crippen LogP) is 5.43. The minimum absolute atomic E-state index is 0.0217. The number of rotatable bonds is 6. The number of carbonyl (C=O) groups excluding carboxylic acids is 1. The Kier molecular flexibility index (Phi) is 6.83. The van der Waals surface area contributed by atoms with Crippen molar-refractivity contribution in [2.24, 2.45) is 0 Å². The van der Waals surface area contributed by atoms with Crippen LogP contribution in [-0.4, -0.2) is 48.3 Å². The van der Waals surface area contributed by atoms with E-state index in [-0.39, 0.29) is 25.2 Å². The molecule has 1 amide bonds. The van der Waals surface area contributed by atoms with Gasteiger partial charge in [-0.3, -0.25) is 4.79 Å². The highest BCUT2D eigenvalue weighted by Crippen LogP contribution is 2.32. The Bertz CT molecular complexity index is 1220. The highest BCUT2D eigenvalue weighted by Gasteiger charge is 2.38. The first kappa shape index (κ1) is 25.1. The molecule has 37 heavy (non-hydrogen) atoms. The monoisotopic (exact) mass is 512 g/mol. The number of hydrogen-bond donors (Lipinski definition) is 2. The summed E-state index contributed by atoms with van der Waals surface area (Å²) in [5.74, 6) is 0.827.